The molecule has 0 saturated carbocycles. The number of hydrogen-bond donors (Lipinski definition) is 2. The average Bonchev–Trinajstić information content (AvgIpc) is 2.39. The van der Waals surface area contributed by atoms with Crippen molar-refractivity contribution >= 4 is 11.8 Å². The molecule has 1 aromatic rings. The minimum absolute atomic E-state index is 0.676. The van der Waals surface area contributed by atoms with Crippen molar-refractivity contribution in [2.75, 3.05) is 43.9 Å². The molecule has 0 aliphatic carbocycles. The van der Waals surface area contributed by atoms with Crippen LogP contribution in [-0.4, -0.2) is 48.1 Å². The predicted octanol–water partition coefficient (Wildman–Crippen LogP) is 1.72. The molecule has 5 nitrogen and oxygen atoms in total. The van der Waals surface area contributed by atoms with Crippen molar-refractivity contribution in [2.24, 2.45) is 0 Å². The molecular weight excluding hydrogens is 226 g/mol. The quantitative estimate of drug-likeness (QED) is 0.832. The molecule has 2 heterocycles. The summed E-state index contributed by atoms with van der Waals surface area (Å²) in [5, 5.41) is 6.35. The number of aromatic nitrogens is 2. The summed E-state index contributed by atoms with van der Waals surface area (Å²) < 4.78 is 0. The first-order valence-electron chi connectivity index (χ1n) is 6.77. The Labute approximate surface area is 109 Å². The highest BCUT2D eigenvalue weighted by molar-refractivity contribution is 5.41. The fraction of sp³-hybridized carbons (Fsp3) is 0.692. The van der Waals surface area contributed by atoms with Crippen molar-refractivity contribution in [1.29, 1.82) is 0 Å². The van der Waals surface area contributed by atoms with Crippen molar-refractivity contribution in [3.63, 3.8) is 0 Å². The van der Waals surface area contributed by atoms with Crippen LogP contribution in [0.3, 0.4) is 0 Å². The van der Waals surface area contributed by atoms with Crippen LogP contribution < -0.4 is 10.6 Å². The topological polar surface area (TPSA) is 53.1 Å². The third kappa shape index (κ3) is 3.84. The van der Waals surface area contributed by atoms with E-state index in [1.165, 1.54) is 32.4 Å². The Hall–Kier alpha value is -1.36. The molecule has 1 aliphatic heterocycles. The number of anilines is 2. The van der Waals surface area contributed by atoms with Gasteiger partial charge in [-0.3, -0.25) is 0 Å². The highest BCUT2D eigenvalue weighted by Crippen LogP contribution is 2.10. The maximum atomic E-state index is 4.38. The van der Waals surface area contributed by atoms with Crippen LogP contribution in [-0.2, 0) is 0 Å². The Bertz CT molecular complexity index is 374. The Morgan fingerprint density at radius 2 is 2.00 bits per heavy atom. The number of rotatable bonds is 5. The number of nitrogens with one attached hydrogen (secondary N) is 2. The highest BCUT2D eigenvalue weighted by Gasteiger charge is 2.09. The summed E-state index contributed by atoms with van der Waals surface area (Å²) in [5.74, 6) is 1.58. The second kappa shape index (κ2) is 6.54. The Balaban J connectivity index is 1.80. The molecule has 18 heavy (non-hydrogen) atoms. The van der Waals surface area contributed by atoms with Gasteiger partial charge in [0.05, 0.1) is 0 Å². The van der Waals surface area contributed by atoms with E-state index in [0.717, 1.165) is 24.6 Å². The molecule has 0 atom stereocenters. The van der Waals surface area contributed by atoms with Gasteiger partial charge in [0, 0.05) is 31.9 Å². The first kappa shape index (κ1) is 13.1. The van der Waals surface area contributed by atoms with Crippen LogP contribution in [0, 0.1) is 6.92 Å². The molecule has 5 heteroatoms. The second-order valence-electron chi connectivity index (χ2n) is 4.80. The smallest absolute Gasteiger partial charge is 0.224 e. The van der Waals surface area contributed by atoms with Gasteiger partial charge >= 0.3 is 0 Å². The Kier molecular flexibility index (Phi) is 4.75. The Morgan fingerprint density at radius 1 is 1.22 bits per heavy atom. The minimum atomic E-state index is 0.676. The summed E-state index contributed by atoms with van der Waals surface area (Å²) in [6.45, 7) is 6.51. The van der Waals surface area contributed by atoms with Crippen molar-refractivity contribution in [2.45, 2.75) is 26.2 Å². The molecule has 1 saturated heterocycles. The number of aryl methyl sites for hydroxylation is 1. The largest absolute Gasteiger partial charge is 0.369 e. The van der Waals surface area contributed by atoms with Crippen molar-refractivity contribution in [3.05, 3.63) is 11.8 Å². The van der Waals surface area contributed by atoms with Gasteiger partial charge in [0.25, 0.3) is 0 Å². The van der Waals surface area contributed by atoms with E-state index in [1.54, 1.807) is 0 Å². The number of hydrogen-bond acceptors (Lipinski definition) is 5. The maximum absolute atomic E-state index is 4.38. The molecule has 2 N–H and O–H groups in total. The van der Waals surface area contributed by atoms with Crippen LogP contribution in [0.15, 0.2) is 6.07 Å². The van der Waals surface area contributed by atoms with Crippen LogP contribution in [0.5, 0.6) is 0 Å². The van der Waals surface area contributed by atoms with E-state index in [4.69, 9.17) is 0 Å². The van der Waals surface area contributed by atoms with Gasteiger partial charge in [-0.2, -0.15) is 4.98 Å². The van der Waals surface area contributed by atoms with Crippen LogP contribution >= 0.6 is 0 Å². The zero-order chi connectivity index (χ0) is 12.8. The molecular formula is C13H23N5. The Morgan fingerprint density at radius 3 is 2.72 bits per heavy atom. The van der Waals surface area contributed by atoms with E-state index in [-0.39, 0.29) is 0 Å². The summed E-state index contributed by atoms with van der Waals surface area (Å²) >= 11 is 0. The summed E-state index contributed by atoms with van der Waals surface area (Å²) in [6, 6.07) is 1.98. The van der Waals surface area contributed by atoms with Crippen LogP contribution in [0.1, 0.15) is 25.0 Å². The van der Waals surface area contributed by atoms with E-state index in [1.807, 2.05) is 20.0 Å². The lowest BCUT2D eigenvalue weighted by Gasteiger charge is -2.26. The van der Waals surface area contributed by atoms with E-state index in [9.17, 15) is 0 Å². The molecule has 0 radical (unpaired) electrons. The van der Waals surface area contributed by atoms with Gasteiger partial charge in [-0.05, 0) is 32.9 Å². The van der Waals surface area contributed by atoms with Crippen LogP contribution in [0.25, 0.3) is 0 Å². The van der Waals surface area contributed by atoms with Gasteiger partial charge in [0.1, 0.15) is 5.82 Å². The summed E-state index contributed by atoms with van der Waals surface area (Å²) in [7, 11) is 1.84. The van der Waals surface area contributed by atoms with Crippen LogP contribution in [0.4, 0.5) is 11.8 Å². The monoisotopic (exact) mass is 249 g/mol. The molecule has 1 fully saturated rings. The first-order chi connectivity index (χ1) is 8.78. The zero-order valence-electron chi connectivity index (χ0n) is 11.4. The van der Waals surface area contributed by atoms with Crippen molar-refractivity contribution in [3.8, 4) is 0 Å². The van der Waals surface area contributed by atoms with E-state index in [2.05, 4.69) is 25.5 Å². The summed E-state index contributed by atoms with van der Waals surface area (Å²) in [4.78, 5) is 11.2. The third-order valence-corrected chi connectivity index (χ3v) is 3.26. The van der Waals surface area contributed by atoms with Gasteiger partial charge in [-0.15, -0.1) is 0 Å². The number of piperidine rings is 1. The summed E-state index contributed by atoms with van der Waals surface area (Å²) in [6.07, 6.45) is 4.08. The number of likely N-dealkylation sites (tertiary alicyclic amines) is 1. The molecule has 1 aliphatic rings. The highest BCUT2D eigenvalue weighted by atomic mass is 15.2. The van der Waals surface area contributed by atoms with Gasteiger partial charge in [0.2, 0.25) is 5.95 Å². The van der Waals surface area contributed by atoms with E-state index in [0.29, 0.717) is 5.95 Å². The molecule has 100 valence electrons. The second-order valence-corrected chi connectivity index (χ2v) is 4.80. The number of nitrogens with zero attached hydrogens (tertiary/aromatic N) is 3. The standard InChI is InChI=1S/C13H23N5/c1-11-10-12(17-13(14-2)16-11)15-6-9-18-7-4-3-5-8-18/h10H,3-9H2,1-2H3,(H2,14,15,16,17). The SMILES string of the molecule is CNc1nc(C)cc(NCCN2CCCCC2)n1. The molecule has 0 bridgehead atoms. The summed E-state index contributed by atoms with van der Waals surface area (Å²) in [5.41, 5.74) is 0.981. The van der Waals surface area contributed by atoms with Gasteiger partial charge in [-0.25, -0.2) is 4.98 Å². The molecule has 1 aromatic heterocycles. The molecule has 0 spiro atoms. The molecule has 2 rings (SSSR count). The lowest BCUT2D eigenvalue weighted by atomic mass is 10.1. The fourth-order valence-electron chi connectivity index (χ4n) is 2.30. The average molecular weight is 249 g/mol. The predicted molar refractivity (Wildman–Crippen MR) is 75.1 cm³/mol. The lowest BCUT2D eigenvalue weighted by molar-refractivity contribution is 0.237. The van der Waals surface area contributed by atoms with E-state index < -0.39 is 0 Å². The van der Waals surface area contributed by atoms with Gasteiger partial charge in [-0.1, -0.05) is 6.42 Å². The van der Waals surface area contributed by atoms with Crippen LogP contribution in [0.2, 0.25) is 0 Å². The van der Waals surface area contributed by atoms with Crippen molar-refractivity contribution in [1.82, 2.24) is 14.9 Å². The third-order valence-electron chi connectivity index (χ3n) is 3.26. The van der Waals surface area contributed by atoms with Crippen molar-refractivity contribution < 1.29 is 0 Å². The normalized spacial score (nSPS) is 16.6. The van der Waals surface area contributed by atoms with E-state index >= 15 is 0 Å². The molecule has 0 aromatic carbocycles. The van der Waals surface area contributed by atoms with Gasteiger partial charge in [0.15, 0.2) is 0 Å². The zero-order valence-corrected chi connectivity index (χ0v) is 11.4. The molecule has 0 amide bonds. The lowest BCUT2D eigenvalue weighted by Crippen LogP contribution is -2.33. The minimum Gasteiger partial charge on any atom is -0.369 e. The van der Waals surface area contributed by atoms with Gasteiger partial charge < -0.3 is 15.5 Å². The fourth-order valence-corrected chi connectivity index (χ4v) is 2.30. The molecule has 0 unspecified atom stereocenters. The first-order valence-corrected chi connectivity index (χ1v) is 6.77. The maximum Gasteiger partial charge on any atom is 0.224 e.